The van der Waals surface area contributed by atoms with Crippen molar-refractivity contribution in [2.75, 3.05) is 26.3 Å². The molecule has 0 atom stereocenters. The summed E-state index contributed by atoms with van der Waals surface area (Å²) in [6.45, 7) is 1.58. The summed E-state index contributed by atoms with van der Waals surface area (Å²) in [4.78, 5) is 10.00. The smallest absolute Gasteiger partial charge is 0.269 e. The summed E-state index contributed by atoms with van der Waals surface area (Å²) in [5.74, 6) is 0. The van der Waals surface area contributed by atoms with Gasteiger partial charge in [-0.1, -0.05) is 0 Å². The molecule has 0 spiro atoms. The van der Waals surface area contributed by atoms with Crippen LogP contribution in [0.3, 0.4) is 0 Å². The molecule has 0 saturated carbocycles. The van der Waals surface area contributed by atoms with Crippen LogP contribution < -0.4 is 4.65 Å². The maximum Gasteiger partial charge on any atom is 0.269 e. The Morgan fingerprint density at radius 2 is 1.75 bits per heavy atom. The molecule has 0 N–H and O–H groups in total. The summed E-state index contributed by atoms with van der Waals surface area (Å²) in [6.07, 6.45) is 0. The number of rotatable bonds is 2. The van der Waals surface area contributed by atoms with Crippen LogP contribution in [0.2, 0.25) is 0 Å². The fourth-order valence-corrected chi connectivity index (χ4v) is 1.74. The fraction of sp³-hybridized carbons (Fsp3) is 0.400. The molecule has 1 aromatic rings. The van der Waals surface area contributed by atoms with Crippen molar-refractivity contribution in [2.45, 2.75) is 0 Å². The van der Waals surface area contributed by atoms with Gasteiger partial charge in [-0.25, -0.2) is 0 Å². The number of nitro benzene ring substituents is 1. The molecule has 1 saturated heterocycles. The molecule has 1 aliphatic rings. The monoisotopic (exact) mass is 224 g/mol. The number of morpholine rings is 1. The molecule has 0 radical (unpaired) electrons. The first kappa shape index (κ1) is 11.0. The molecule has 1 aliphatic heterocycles. The summed E-state index contributed by atoms with van der Waals surface area (Å²) in [5, 5.41) is 22.8. The Kier molecular flexibility index (Phi) is 2.86. The van der Waals surface area contributed by atoms with Crippen LogP contribution in [0.1, 0.15) is 0 Å². The lowest BCUT2D eigenvalue weighted by molar-refractivity contribution is -0.384. The number of nitrogens with zero attached hydrogens (tertiary/aromatic N) is 2. The van der Waals surface area contributed by atoms with Gasteiger partial charge in [-0.3, -0.25) is 10.1 Å². The Bertz CT molecular complexity index is 384. The first-order valence-electron chi connectivity index (χ1n) is 5.03. The van der Waals surface area contributed by atoms with Crippen molar-refractivity contribution in [3.63, 3.8) is 0 Å². The Morgan fingerprint density at radius 1 is 1.19 bits per heavy atom. The third-order valence-corrected chi connectivity index (χ3v) is 2.72. The predicted octanol–water partition coefficient (Wildman–Crippen LogP) is 1.43. The number of hydrogen-bond donors (Lipinski definition) is 0. The second kappa shape index (κ2) is 4.17. The zero-order chi connectivity index (χ0) is 11.6. The number of hydroxylamine groups is 2. The molecule has 0 unspecified atom stereocenters. The second-order valence-electron chi connectivity index (χ2n) is 3.72. The van der Waals surface area contributed by atoms with Crippen LogP contribution in [-0.4, -0.2) is 31.2 Å². The topological polar surface area (TPSA) is 75.4 Å². The number of hydrogen-bond acceptors (Lipinski definition) is 4. The highest BCUT2D eigenvalue weighted by atomic mass is 16.6. The van der Waals surface area contributed by atoms with E-state index in [1.165, 1.54) is 24.3 Å². The van der Waals surface area contributed by atoms with E-state index in [-0.39, 0.29) is 5.69 Å². The molecular formula is C10H12N2O4. The third-order valence-electron chi connectivity index (χ3n) is 2.72. The van der Waals surface area contributed by atoms with Crippen molar-refractivity contribution in [2.24, 2.45) is 0 Å². The predicted molar refractivity (Wildman–Crippen MR) is 58.8 cm³/mol. The van der Waals surface area contributed by atoms with Crippen LogP contribution in [0, 0.1) is 15.3 Å². The van der Waals surface area contributed by atoms with E-state index in [4.69, 9.17) is 4.74 Å². The molecule has 86 valence electrons. The van der Waals surface area contributed by atoms with Crippen LogP contribution in [0.4, 0.5) is 11.4 Å². The van der Waals surface area contributed by atoms with Crippen LogP contribution in [-0.2, 0) is 4.74 Å². The van der Waals surface area contributed by atoms with Crippen molar-refractivity contribution >= 4 is 11.4 Å². The van der Waals surface area contributed by atoms with E-state index in [9.17, 15) is 15.3 Å². The lowest BCUT2D eigenvalue weighted by Crippen LogP contribution is -2.51. The Labute approximate surface area is 92.4 Å². The van der Waals surface area contributed by atoms with Gasteiger partial charge in [-0.2, -0.15) is 0 Å². The molecule has 1 heterocycles. The average molecular weight is 224 g/mol. The van der Waals surface area contributed by atoms with Gasteiger partial charge in [0.05, 0.1) is 18.1 Å². The molecule has 0 amide bonds. The lowest BCUT2D eigenvalue weighted by Gasteiger charge is -2.44. The van der Waals surface area contributed by atoms with Crippen LogP contribution in [0.5, 0.6) is 0 Å². The molecule has 6 nitrogen and oxygen atoms in total. The van der Waals surface area contributed by atoms with Gasteiger partial charge in [0.25, 0.3) is 5.69 Å². The van der Waals surface area contributed by atoms with Gasteiger partial charge in [0, 0.05) is 24.3 Å². The van der Waals surface area contributed by atoms with E-state index < -0.39 is 9.57 Å². The highest BCUT2D eigenvalue weighted by molar-refractivity contribution is 5.48. The summed E-state index contributed by atoms with van der Waals surface area (Å²) in [7, 11) is 0. The quantitative estimate of drug-likeness (QED) is 0.329. The van der Waals surface area contributed by atoms with E-state index in [1.54, 1.807) is 0 Å². The summed E-state index contributed by atoms with van der Waals surface area (Å²) in [5.41, 5.74) is 0.553. The van der Waals surface area contributed by atoms with Gasteiger partial charge in [0.1, 0.15) is 18.8 Å². The van der Waals surface area contributed by atoms with E-state index >= 15 is 0 Å². The average Bonchev–Trinajstić information content (AvgIpc) is 2.30. The minimum atomic E-state index is -0.474. The van der Waals surface area contributed by atoms with Crippen molar-refractivity contribution in [3.8, 4) is 0 Å². The van der Waals surface area contributed by atoms with Crippen LogP contribution >= 0.6 is 0 Å². The maximum absolute atomic E-state index is 12.3. The van der Waals surface area contributed by atoms with Gasteiger partial charge in [0.2, 0.25) is 0 Å². The molecule has 0 aliphatic carbocycles. The summed E-state index contributed by atoms with van der Waals surface area (Å²) >= 11 is 0. The van der Waals surface area contributed by atoms with Gasteiger partial charge >= 0.3 is 0 Å². The normalized spacial score (nSPS) is 19.3. The number of ether oxygens (including phenoxy) is 1. The first-order chi connectivity index (χ1) is 7.62. The lowest BCUT2D eigenvalue weighted by atomic mass is 10.2. The zero-order valence-corrected chi connectivity index (χ0v) is 8.67. The minimum absolute atomic E-state index is 0.00334. The Balaban J connectivity index is 2.23. The third kappa shape index (κ3) is 2.04. The van der Waals surface area contributed by atoms with Crippen LogP contribution in [0.25, 0.3) is 0 Å². The molecular weight excluding hydrogens is 212 g/mol. The van der Waals surface area contributed by atoms with Crippen molar-refractivity contribution in [1.29, 1.82) is 0 Å². The Morgan fingerprint density at radius 3 is 2.25 bits per heavy atom. The van der Waals surface area contributed by atoms with Crippen LogP contribution in [0.15, 0.2) is 24.3 Å². The number of nitro groups is 1. The summed E-state index contributed by atoms with van der Waals surface area (Å²) in [6, 6.07) is 5.78. The van der Waals surface area contributed by atoms with Crippen molar-refractivity contribution in [3.05, 3.63) is 39.6 Å². The first-order valence-corrected chi connectivity index (χ1v) is 5.03. The van der Waals surface area contributed by atoms with E-state index in [2.05, 4.69) is 0 Å². The molecule has 1 aromatic carbocycles. The van der Waals surface area contributed by atoms with Crippen molar-refractivity contribution < 1.29 is 9.66 Å². The molecule has 2 rings (SSSR count). The summed E-state index contributed by atoms with van der Waals surface area (Å²) < 4.78 is 4.66. The minimum Gasteiger partial charge on any atom is -0.627 e. The molecule has 6 heteroatoms. The van der Waals surface area contributed by atoms with Crippen molar-refractivity contribution in [1.82, 2.24) is 4.65 Å². The highest BCUT2D eigenvalue weighted by Crippen LogP contribution is 2.25. The number of quaternary nitrogens is 1. The molecule has 1 fully saturated rings. The van der Waals surface area contributed by atoms with Gasteiger partial charge < -0.3 is 14.6 Å². The number of benzene rings is 1. The van der Waals surface area contributed by atoms with E-state index in [0.29, 0.717) is 32.0 Å². The Hall–Kier alpha value is -1.50. The SMILES string of the molecule is O=[N+]([O-])c1ccc([N+]2([O-])CCOCC2)cc1. The molecule has 0 bridgehead atoms. The second-order valence-corrected chi connectivity index (χ2v) is 3.72. The van der Waals surface area contributed by atoms with E-state index in [1.807, 2.05) is 0 Å². The standard InChI is InChI=1S/C10H12N2O4/c13-11(14)9-1-3-10(4-2-9)12(15)5-7-16-8-6-12/h1-4H,5-8H2. The van der Waals surface area contributed by atoms with Gasteiger partial charge in [-0.15, -0.1) is 0 Å². The molecule has 16 heavy (non-hydrogen) atoms. The maximum atomic E-state index is 12.3. The van der Waals surface area contributed by atoms with E-state index in [0.717, 1.165) is 0 Å². The zero-order valence-electron chi connectivity index (χ0n) is 8.67. The van der Waals surface area contributed by atoms with Gasteiger partial charge in [0.15, 0.2) is 0 Å². The highest BCUT2D eigenvalue weighted by Gasteiger charge is 2.24. The largest absolute Gasteiger partial charge is 0.627 e. The number of non-ortho nitro benzene ring substituents is 1. The van der Waals surface area contributed by atoms with Gasteiger partial charge in [-0.05, 0) is 0 Å². The fourth-order valence-electron chi connectivity index (χ4n) is 1.74. The molecule has 0 aromatic heterocycles.